The van der Waals surface area contributed by atoms with Crippen molar-refractivity contribution in [2.75, 3.05) is 13.1 Å². The lowest BCUT2D eigenvalue weighted by Gasteiger charge is -2.28. The summed E-state index contributed by atoms with van der Waals surface area (Å²) in [5, 5.41) is 0. The first-order valence-electron chi connectivity index (χ1n) is 6.32. The third kappa shape index (κ3) is 7.37. The lowest BCUT2D eigenvalue weighted by atomic mass is 10.1. The van der Waals surface area contributed by atoms with E-state index in [0.717, 1.165) is 5.92 Å². The number of unbranched alkanes of at least 4 members (excludes halogenated alkanes) is 3. The fourth-order valence-corrected chi connectivity index (χ4v) is 1.77. The minimum atomic E-state index is 0.707. The van der Waals surface area contributed by atoms with Crippen LogP contribution in [0.3, 0.4) is 0 Å². The van der Waals surface area contributed by atoms with Gasteiger partial charge in [-0.2, -0.15) is 0 Å². The molecule has 0 aliphatic carbocycles. The number of rotatable bonds is 8. The van der Waals surface area contributed by atoms with E-state index in [-0.39, 0.29) is 0 Å². The zero-order valence-corrected chi connectivity index (χ0v) is 10.8. The molecule has 0 aromatic rings. The Bertz CT molecular complexity index is 118. The standard InChI is InChI=1S/C13H29N/c1-6-7-8-9-10-14(13(4)5)11-12(2)3/h12-13H,6-11H2,1-5H3. The summed E-state index contributed by atoms with van der Waals surface area (Å²) < 4.78 is 0. The van der Waals surface area contributed by atoms with Gasteiger partial charge in [-0.05, 0) is 32.7 Å². The molecule has 1 heteroatoms. The fraction of sp³-hybridized carbons (Fsp3) is 1.00. The van der Waals surface area contributed by atoms with E-state index in [1.54, 1.807) is 0 Å². The van der Waals surface area contributed by atoms with E-state index in [0.29, 0.717) is 6.04 Å². The van der Waals surface area contributed by atoms with Crippen molar-refractivity contribution in [3.8, 4) is 0 Å². The second-order valence-corrected chi connectivity index (χ2v) is 5.04. The van der Waals surface area contributed by atoms with Gasteiger partial charge in [0.1, 0.15) is 0 Å². The highest BCUT2D eigenvalue weighted by atomic mass is 15.1. The van der Waals surface area contributed by atoms with Crippen LogP contribution in [0.4, 0.5) is 0 Å². The third-order valence-electron chi connectivity index (χ3n) is 2.63. The molecule has 0 N–H and O–H groups in total. The van der Waals surface area contributed by atoms with E-state index >= 15 is 0 Å². The van der Waals surface area contributed by atoms with Crippen molar-refractivity contribution in [1.29, 1.82) is 0 Å². The summed E-state index contributed by atoms with van der Waals surface area (Å²) in [6, 6.07) is 0.707. The van der Waals surface area contributed by atoms with E-state index < -0.39 is 0 Å². The van der Waals surface area contributed by atoms with Gasteiger partial charge in [-0.15, -0.1) is 0 Å². The molecule has 0 bridgehead atoms. The first-order chi connectivity index (χ1) is 6.57. The SMILES string of the molecule is CCCCCCN(CC(C)C)C(C)C. The Labute approximate surface area is 90.9 Å². The molecule has 1 nitrogen and oxygen atoms in total. The molecule has 0 unspecified atom stereocenters. The molecular formula is C13H29N. The Morgan fingerprint density at radius 1 is 0.929 bits per heavy atom. The molecule has 0 spiro atoms. The van der Waals surface area contributed by atoms with E-state index in [2.05, 4.69) is 39.5 Å². The van der Waals surface area contributed by atoms with Crippen LogP contribution in [-0.4, -0.2) is 24.0 Å². The normalized spacial score (nSPS) is 12.0. The highest BCUT2D eigenvalue weighted by Crippen LogP contribution is 2.07. The Hall–Kier alpha value is -0.0400. The van der Waals surface area contributed by atoms with Crippen LogP contribution in [0, 0.1) is 5.92 Å². The maximum absolute atomic E-state index is 2.61. The number of hydrogen-bond donors (Lipinski definition) is 0. The lowest BCUT2D eigenvalue weighted by molar-refractivity contribution is 0.193. The van der Waals surface area contributed by atoms with Gasteiger partial charge in [0.2, 0.25) is 0 Å². The van der Waals surface area contributed by atoms with Crippen LogP contribution < -0.4 is 0 Å². The second-order valence-electron chi connectivity index (χ2n) is 5.04. The van der Waals surface area contributed by atoms with Crippen molar-refractivity contribution in [3.05, 3.63) is 0 Å². The summed E-state index contributed by atoms with van der Waals surface area (Å²) in [5.41, 5.74) is 0. The van der Waals surface area contributed by atoms with Crippen molar-refractivity contribution in [3.63, 3.8) is 0 Å². The van der Waals surface area contributed by atoms with Crippen molar-refractivity contribution in [2.24, 2.45) is 5.92 Å². The Balaban J connectivity index is 3.63. The second kappa shape index (κ2) is 8.28. The average molecular weight is 199 g/mol. The fourth-order valence-electron chi connectivity index (χ4n) is 1.77. The van der Waals surface area contributed by atoms with Crippen LogP contribution in [0.1, 0.15) is 60.3 Å². The molecule has 0 saturated heterocycles. The lowest BCUT2D eigenvalue weighted by Crippen LogP contribution is -2.34. The summed E-state index contributed by atoms with van der Waals surface area (Å²) in [6.07, 6.45) is 5.51. The predicted octanol–water partition coefficient (Wildman–Crippen LogP) is 3.93. The van der Waals surface area contributed by atoms with Gasteiger partial charge in [-0.1, -0.05) is 40.0 Å². The molecule has 0 rings (SSSR count). The molecule has 0 aliphatic heterocycles. The average Bonchev–Trinajstić information content (AvgIpc) is 2.09. The summed E-state index contributed by atoms with van der Waals surface area (Å²) >= 11 is 0. The van der Waals surface area contributed by atoms with Crippen molar-refractivity contribution in [2.45, 2.75) is 66.3 Å². The maximum atomic E-state index is 2.61. The molecule has 0 aromatic heterocycles. The zero-order chi connectivity index (χ0) is 11.0. The van der Waals surface area contributed by atoms with Crippen molar-refractivity contribution < 1.29 is 0 Å². The van der Waals surface area contributed by atoms with E-state index in [9.17, 15) is 0 Å². The van der Waals surface area contributed by atoms with Crippen LogP contribution in [0.5, 0.6) is 0 Å². The summed E-state index contributed by atoms with van der Waals surface area (Å²) in [6.45, 7) is 14.0. The highest BCUT2D eigenvalue weighted by molar-refractivity contribution is 4.64. The minimum absolute atomic E-state index is 0.707. The van der Waals surface area contributed by atoms with Crippen LogP contribution in [0.2, 0.25) is 0 Å². The summed E-state index contributed by atoms with van der Waals surface area (Å²) in [7, 11) is 0. The number of nitrogens with zero attached hydrogens (tertiary/aromatic N) is 1. The van der Waals surface area contributed by atoms with Crippen LogP contribution in [0.25, 0.3) is 0 Å². The molecule has 0 atom stereocenters. The first-order valence-corrected chi connectivity index (χ1v) is 6.32. The van der Waals surface area contributed by atoms with Gasteiger partial charge in [0.25, 0.3) is 0 Å². The van der Waals surface area contributed by atoms with Gasteiger partial charge in [0, 0.05) is 12.6 Å². The van der Waals surface area contributed by atoms with Crippen LogP contribution in [-0.2, 0) is 0 Å². The molecule has 0 aliphatic rings. The van der Waals surface area contributed by atoms with Crippen LogP contribution >= 0.6 is 0 Å². The molecule has 0 heterocycles. The van der Waals surface area contributed by atoms with E-state index in [1.807, 2.05) is 0 Å². The molecule has 86 valence electrons. The Kier molecular flexibility index (Phi) is 8.26. The minimum Gasteiger partial charge on any atom is -0.301 e. The Morgan fingerprint density at radius 2 is 1.57 bits per heavy atom. The van der Waals surface area contributed by atoms with Crippen molar-refractivity contribution in [1.82, 2.24) is 4.90 Å². The monoisotopic (exact) mass is 199 g/mol. The molecular weight excluding hydrogens is 170 g/mol. The first kappa shape index (κ1) is 14.0. The van der Waals surface area contributed by atoms with Gasteiger partial charge in [-0.25, -0.2) is 0 Å². The van der Waals surface area contributed by atoms with Gasteiger partial charge in [-0.3, -0.25) is 0 Å². The predicted molar refractivity (Wildman–Crippen MR) is 65.7 cm³/mol. The topological polar surface area (TPSA) is 3.24 Å². The number of hydrogen-bond acceptors (Lipinski definition) is 1. The molecule has 14 heavy (non-hydrogen) atoms. The van der Waals surface area contributed by atoms with E-state index in [1.165, 1.54) is 38.8 Å². The molecule has 0 fully saturated rings. The molecule has 0 saturated carbocycles. The van der Waals surface area contributed by atoms with Crippen LogP contribution in [0.15, 0.2) is 0 Å². The highest BCUT2D eigenvalue weighted by Gasteiger charge is 2.09. The van der Waals surface area contributed by atoms with Crippen molar-refractivity contribution >= 4 is 0 Å². The van der Waals surface area contributed by atoms with Gasteiger partial charge < -0.3 is 4.90 Å². The molecule has 0 aromatic carbocycles. The quantitative estimate of drug-likeness (QED) is 0.535. The molecule has 0 amide bonds. The van der Waals surface area contributed by atoms with Gasteiger partial charge >= 0.3 is 0 Å². The summed E-state index contributed by atoms with van der Waals surface area (Å²) in [5.74, 6) is 0.795. The van der Waals surface area contributed by atoms with E-state index in [4.69, 9.17) is 0 Å². The summed E-state index contributed by atoms with van der Waals surface area (Å²) in [4.78, 5) is 2.61. The Morgan fingerprint density at radius 3 is 2.00 bits per heavy atom. The third-order valence-corrected chi connectivity index (χ3v) is 2.63. The maximum Gasteiger partial charge on any atom is 0.00387 e. The largest absolute Gasteiger partial charge is 0.301 e. The zero-order valence-electron chi connectivity index (χ0n) is 10.8. The van der Waals surface area contributed by atoms with Gasteiger partial charge in [0.05, 0.1) is 0 Å². The molecule has 0 radical (unpaired) electrons. The smallest absolute Gasteiger partial charge is 0.00387 e. The van der Waals surface area contributed by atoms with Gasteiger partial charge in [0.15, 0.2) is 0 Å².